The molecule has 0 bridgehead atoms. The van der Waals surface area contributed by atoms with E-state index in [-0.39, 0.29) is 6.10 Å². The van der Waals surface area contributed by atoms with E-state index in [1.807, 2.05) is 13.8 Å². The molecule has 4 rings (SSSR count). The highest BCUT2D eigenvalue weighted by molar-refractivity contribution is 5.09. The summed E-state index contributed by atoms with van der Waals surface area (Å²) in [7, 11) is 0. The average Bonchev–Trinajstić information content (AvgIpc) is 3.01. The third-order valence-electron chi connectivity index (χ3n) is 9.99. The van der Waals surface area contributed by atoms with Gasteiger partial charge in [-0.15, -0.1) is 0 Å². The summed E-state index contributed by atoms with van der Waals surface area (Å²) in [6, 6.07) is 0. The van der Waals surface area contributed by atoms with Crippen molar-refractivity contribution in [1.29, 1.82) is 0 Å². The average molecular weight is 377 g/mol. The third-order valence-corrected chi connectivity index (χ3v) is 9.99. The van der Waals surface area contributed by atoms with Gasteiger partial charge in [-0.25, -0.2) is 0 Å². The molecule has 4 saturated carbocycles. The molecule has 0 aromatic rings. The van der Waals surface area contributed by atoms with Gasteiger partial charge in [0.05, 0.1) is 6.10 Å². The predicted molar refractivity (Wildman–Crippen MR) is 117 cm³/mol. The first kappa shape index (κ1) is 21.7. The minimum Gasteiger partial charge on any atom is -0.393 e. The quantitative estimate of drug-likeness (QED) is 0.500. The van der Waals surface area contributed by atoms with Crippen molar-refractivity contribution in [3.05, 3.63) is 0 Å². The molecule has 0 aromatic carbocycles. The van der Waals surface area contributed by atoms with Crippen molar-refractivity contribution in [1.82, 2.24) is 0 Å². The molecule has 0 aliphatic heterocycles. The monoisotopic (exact) mass is 376 g/mol. The molecule has 0 aromatic heterocycles. The number of fused-ring (bicyclic) bond motifs is 5. The Hall–Kier alpha value is -0.0400. The van der Waals surface area contributed by atoms with Gasteiger partial charge in [-0.2, -0.15) is 0 Å². The summed E-state index contributed by atoms with van der Waals surface area (Å²) in [6.45, 7) is 11.7. The Morgan fingerprint density at radius 2 is 1.52 bits per heavy atom. The molecular weight excluding hydrogens is 328 g/mol. The van der Waals surface area contributed by atoms with Crippen LogP contribution in [0.3, 0.4) is 0 Å². The standard InChI is InChI=1S/C24H42O.C2H6/c1-4-5-6-7-17-9-11-21-20-10-8-18-16-19(25)12-14-24(18,3)22(20)13-15-23(17,21)2;1-2/h17-22,25H,4-16H2,1-3H3;1-2H3. The number of hydrogen-bond acceptors (Lipinski definition) is 1. The van der Waals surface area contributed by atoms with Gasteiger partial charge in [-0.3, -0.25) is 0 Å². The number of aliphatic hydroxyl groups is 1. The van der Waals surface area contributed by atoms with Gasteiger partial charge in [0.25, 0.3) is 0 Å². The Kier molecular flexibility index (Phi) is 7.03. The Bertz CT molecular complexity index is 473. The fourth-order valence-corrected chi connectivity index (χ4v) is 8.46. The van der Waals surface area contributed by atoms with Crippen molar-refractivity contribution in [3.8, 4) is 0 Å². The smallest absolute Gasteiger partial charge is 0.0543 e. The number of rotatable bonds is 4. The lowest BCUT2D eigenvalue weighted by Gasteiger charge is -2.61. The van der Waals surface area contributed by atoms with E-state index in [1.54, 1.807) is 0 Å². The Morgan fingerprint density at radius 3 is 2.26 bits per heavy atom. The van der Waals surface area contributed by atoms with Crippen LogP contribution >= 0.6 is 0 Å². The molecule has 1 N–H and O–H groups in total. The Balaban J connectivity index is 0.00000102. The lowest BCUT2D eigenvalue weighted by Crippen LogP contribution is -2.53. The van der Waals surface area contributed by atoms with Crippen LogP contribution in [0.1, 0.15) is 118 Å². The van der Waals surface area contributed by atoms with Gasteiger partial charge in [-0.1, -0.05) is 53.9 Å². The Morgan fingerprint density at radius 1 is 0.815 bits per heavy atom. The van der Waals surface area contributed by atoms with Crippen LogP contribution in [0.2, 0.25) is 0 Å². The molecule has 4 fully saturated rings. The van der Waals surface area contributed by atoms with E-state index in [0.717, 1.165) is 42.4 Å². The molecular formula is C26H48O. The molecule has 0 radical (unpaired) electrons. The van der Waals surface area contributed by atoms with Gasteiger partial charge in [0.1, 0.15) is 0 Å². The summed E-state index contributed by atoms with van der Waals surface area (Å²) in [6.07, 6.45) is 18.1. The van der Waals surface area contributed by atoms with E-state index in [0.29, 0.717) is 10.8 Å². The first-order valence-corrected chi connectivity index (χ1v) is 12.7. The van der Waals surface area contributed by atoms with Crippen LogP contribution in [0, 0.1) is 40.4 Å². The summed E-state index contributed by atoms with van der Waals surface area (Å²) in [5, 5.41) is 10.2. The zero-order valence-electron chi connectivity index (χ0n) is 19.1. The summed E-state index contributed by atoms with van der Waals surface area (Å²) in [4.78, 5) is 0. The second-order valence-corrected chi connectivity index (χ2v) is 10.9. The largest absolute Gasteiger partial charge is 0.393 e. The summed E-state index contributed by atoms with van der Waals surface area (Å²) < 4.78 is 0. The summed E-state index contributed by atoms with van der Waals surface area (Å²) in [5.41, 5.74) is 1.20. The second kappa shape index (κ2) is 8.76. The lowest BCUT2D eigenvalue weighted by atomic mass is 9.44. The minimum absolute atomic E-state index is 0.00194. The van der Waals surface area contributed by atoms with E-state index < -0.39 is 0 Å². The van der Waals surface area contributed by atoms with Gasteiger partial charge in [0, 0.05) is 0 Å². The molecule has 0 saturated heterocycles. The number of aliphatic hydroxyl groups excluding tert-OH is 1. The fraction of sp³-hybridized carbons (Fsp3) is 1.00. The number of unbranched alkanes of at least 4 members (excludes halogenated alkanes) is 2. The van der Waals surface area contributed by atoms with Crippen LogP contribution in [0.15, 0.2) is 0 Å². The maximum atomic E-state index is 10.2. The van der Waals surface area contributed by atoms with Crippen LogP contribution < -0.4 is 0 Å². The van der Waals surface area contributed by atoms with Crippen molar-refractivity contribution in [2.45, 2.75) is 124 Å². The number of hydrogen-bond donors (Lipinski definition) is 1. The highest BCUT2D eigenvalue weighted by Crippen LogP contribution is 2.67. The first-order chi connectivity index (χ1) is 13.0. The summed E-state index contributed by atoms with van der Waals surface area (Å²) in [5.74, 6) is 4.81. The van der Waals surface area contributed by atoms with Crippen LogP contribution in [0.4, 0.5) is 0 Å². The highest BCUT2D eigenvalue weighted by Gasteiger charge is 2.59. The van der Waals surface area contributed by atoms with Gasteiger partial charge in [0.15, 0.2) is 0 Å². The van der Waals surface area contributed by atoms with Gasteiger partial charge < -0.3 is 5.11 Å². The topological polar surface area (TPSA) is 20.2 Å². The zero-order valence-corrected chi connectivity index (χ0v) is 19.1. The highest BCUT2D eigenvalue weighted by atomic mass is 16.3. The van der Waals surface area contributed by atoms with E-state index in [9.17, 15) is 5.11 Å². The van der Waals surface area contributed by atoms with Crippen molar-refractivity contribution in [2.75, 3.05) is 0 Å². The molecule has 4 aliphatic carbocycles. The van der Waals surface area contributed by atoms with Crippen molar-refractivity contribution < 1.29 is 5.11 Å². The van der Waals surface area contributed by atoms with Crippen molar-refractivity contribution >= 4 is 0 Å². The van der Waals surface area contributed by atoms with E-state index >= 15 is 0 Å². The molecule has 0 spiro atoms. The third kappa shape index (κ3) is 3.76. The normalized spacial score (nSPS) is 48.7. The maximum Gasteiger partial charge on any atom is 0.0543 e. The van der Waals surface area contributed by atoms with Crippen molar-refractivity contribution in [2.24, 2.45) is 40.4 Å². The second-order valence-electron chi connectivity index (χ2n) is 10.9. The van der Waals surface area contributed by atoms with Crippen LogP contribution in [0.5, 0.6) is 0 Å². The van der Waals surface area contributed by atoms with Crippen LogP contribution in [0.25, 0.3) is 0 Å². The van der Waals surface area contributed by atoms with E-state index in [1.165, 1.54) is 70.6 Å². The van der Waals surface area contributed by atoms with Gasteiger partial charge >= 0.3 is 0 Å². The molecule has 158 valence electrons. The molecule has 0 heterocycles. The van der Waals surface area contributed by atoms with Crippen LogP contribution in [-0.4, -0.2) is 11.2 Å². The van der Waals surface area contributed by atoms with Gasteiger partial charge in [0.2, 0.25) is 0 Å². The molecule has 8 atom stereocenters. The molecule has 0 amide bonds. The minimum atomic E-state index is -0.00194. The molecule has 1 nitrogen and oxygen atoms in total. The predicted octanol–water partition coefficient (Wildman–Crippen LogP) is 7.61. The summed E-state index contributed by atoms with van der Waals surface area (Å²) >= 11 is 0. The SMILES string of the molecule is CC.CCCCCC1CCC2C3CCC4CC(O)CCC4(C)C3CCC12C. The van der Waals surface area contributed by atoms with Gasteiger partial charge in [-0.05, 0) is 105 Å². The molecule has 1 heteroatoms. The fourth-order valence-electron chi connectivity index (χ4n) is 8.46. The zero-order chi connectivity index (χ0) is 19.7. The first-order valence-electron chi connectivity index (χ1n) is 12.7. The van der Waals surface area contributed by atoms with E-state index in [4.69, 9.17) is 0 Å². The Labute approximate surface area is 170 Å². The maximum absolute atomic E-state index is 10.2. The molecule has 8 unspecified atom stereocenters. The van der Waals surface area contributed by atoms with Crippen LogP contribution in [-0.2, 0) is 0 Å². The molecule has 27 heavy (non-hydrogen) atoms. The van der Waals surface area contributed by atoms with Crippen molar-refractivity contribution in [3.63, 3.8) is 0 Å². The van der Waals surface area contributed by atoms with E-state index in [2.05, 4.69) is 20.8 Å². The lowest BCUT2D eigenvalue weighted by molar-refractivity contribution is -0.127. The molecule has 4 aliphatic rings.